The molecule has 0 unspecified atom stereocenters. The van der Waals surface area contributed by atoms with E-state index in [-0.39, 0.29) is 11.7 Å². The van der Waals surface area contributed by atoms with Crippen LogP contribution in [0.25, 0.3) is 0 Å². The molecule has 136 valence electrons. The van der Waals surface area contributed by atoms with Gasteiger partial charge in [0, 0.05) is 24.8 Å². The van der Waals surface area contributed by atoms with Crippen LogP contribution in [0.15, 0.2) is 38.5 Å². The molecule has 0 saturated carbocycles. The van der Waals surface area contributed by atoms with E-state index in [0.29, 0.717) is 21.7 Å². The average molecular weight is 438 g/mol. The second kappa shape index (κ2) is 7.20. The van der Waals surface area contributed by atoms with Crippen molar-refractivity contribution in [1.82, 2.24) is 0 Å². The number of halogens is 1. The molecule has 0 saturated heterocycles. The topological polar surface area (TPSA) is 65.1 Å². The fourth-order valence-electron chi connectivity index (χ4n) is 2.70. The van der Waals surface area contributed by atoms with E-state index in [2.05, 4.69) is 15.9 Å². The Morgan fingerprint density at radius 1 is 1.08 bits per heavy atom. The lowest BCUT2D eigenvalue weighted by Crippen LogP contribution is -2.26. The molecule has 0 radical (unpaired) electrons. The molecule has 1 aliphatic heterocycles. The summed E-state index contributed by atoms with van der Waals surface area (Å²) < 4.78 is 16.5. The van der Waals surface area contributed by atoms with Crippen LogP contribution in [0.3, 0.4) is 0 Å². The first-order chi connectivity index (χ1) is 12.4. The summed E-state index contributed by atoms with van der Waals surface area (Å²) in [4.78, 5) is 27.1. The minimum Gasteiger partial charge on any atom is -0.497 e. The standard InChI is InChI=1S/C18H16BrNO5S/c1-9(21)20-12-6-5-11(23-3)7-15(12)26-18-13(20)8-14(24-4)17(16(18)19)25-10(2)22/h5-8H,1-4H3. The average Bonchev–Trinajstić information content (AvgIpc) is 2.61. The lowest BCUT2D eigenvalue weighted by Gasteiger charge is -2.32. The van der Waals surface area contributed by atoms with Crippen molar-refractivity contribution in [3.63, 3.8) is 0 Å². The number of ether oxygens (including phenoxy) is 3. The number of methoxy groups -OCH3 is 2. The molecule has 0 spiro atoms. The number of rotatable bonds is 3. The number of benzene rings is 2. The van der Waals surface area contributed by atoms with Gasteiger partial charge in [-0.05, 0) is 34.1 Å². The summed E-state index contributed by atoms with van der Waals surface area (Å²) in [6, 6.07) is 7.20. The molecule has 0 aromatic heterocycles. The van der Waals surface area contributed by atoms with Crippen LogP contribution in [0.5, 0.6) is 17.2 Å². The Bertz CT molecular complexity index is 915. The Morgan fingerprint density at radius 3 is 2.38 bits per heavy atom. The molecule has 3 rings (SSSR count). The largest absolute Gasteiger partial charge is 0.497 e. The highest BCUT2D eigenvalue weighted by molar-refractivity contribution is 9.10. The molecular weight excluding hydrogens is 422 g/mol. The lowest BCUT2D eigenvalue weighted by atomic mass is 10.2. The minimum atomic E-state index is -0.463. The van der Waals surface area contributed by atoms with Crippen LogP contribution >= 0.6 is 27.7 Å². The third kappa shape index (κ3) is 3.14. The van der Waals surface area contributed by atoms with Gasteiger partial charge in [0.2, 0.25) is 5.91 Å². The van der Waals surface area contributed by atoms with E-state index in [1.165, 1.54) is 32.7 Å². The van der Waals surface area contributed by atoms with E-state index in [9.17, 15) is 9.59 Å². The van der Waals surface area contributed by atoms with Gasteiger partial charge in [0.15, 0.2) is 11.5 Å². The predicted molar refractivity (Wildman–Crippen MR) is 102 cm³/mol. The highest BCUT2D eigenvalue weighted by Gasteiger charge is 2.32. The lowest BCUT2D eigenvalue weighted by molar-refractivity contribution is -0.132. The van der Waals surface area contributed by atoms with Crippen molar-refractivity contribution in [2.24, 2.45) is 0 Å². The van der Waals surface area contributed by atoms with Crippen molar-refractivity contribution in [2.75, 3.05) is 19.1 Å². The first-order valence-electron chi connectivity index (χ1n) is 7.62. The van der Waals surface area contributed by atoms with Gasteiger partial charge < -0.3 is 14.2 Å². The molecule has 8 heteroatoms. The minimum absolute atomic E-state index is 0.146. The SMILES string of the molecule is COc1ccc2c(c1)Sc1c(cc(OC)c(OC(C)=O)c1Br)N2C(C)=O. The van der Waals surface area contributed by atoms with Crippen molar-refractivity contribution < 1.29 is 23.8 Å². The molecule has 6 nitrogen and oxygen atoms in total. The smallest absolute Gasteiger partial charge is 0.308 e. The van der Waals surface area contributed by atoms with Crippen LogP contribution in [0.2, 0.25) is 0 Å². The van der Waals surface area contributed by atoms with Crippen LogP contribution < -0.4 is 19.1 Å². The van der Waals surface area contributed by atoms with Crippen molar-refractivity contribution in [3.05, 3.63) is 28.7 Å². The third-order valence-electron chi connectivity index (χ3n) is 3.76. The summed E-state index contributed by atoms with van der Waals surface area (Å²) in [5.74, 6) is 0.714. The second-order valence-corrected chi connectivity index (χ2v) is 7.30. The molecule has 0 fully saturated rings. The highest BCUT2D eigenvalue weighted by Crippen LogP contribution is 2.56. The number of esters is 1. The summed E-state index contributed by atoms with van der Waals surface area (Å²) in [6.45, 7) is 2.81. The van der Waals surface area contributed by atoms with E-state index in [1.807, 2.05) is 12.1 Å². The van der Waals surface area contributed by atoms with Gasteiger partial charge in [0.05, 0.1) is 35.0 Å². The monoisotopic (exact) mass is 437 g/mol. The number of nitrogens with zero attached hydrogens (tertiary/aromatic N) is 1. The zero-order valence-corrected chi connectivity index (χ0v) is 17.0. The molecule has 0 bridgehead atoms. The number of anilines is 2. The number of carbonyl (C=O) groups is 2. The van der Waals surface area contributed by atoms with Gasteiger partial charge in [-0.25, -0.2) is 0 Å². The Kier molecular flexibility index (Phi) is 5.15. The summed E-state index contributed by atoms with van der Waals surface area (Å²) in [7, 11) is 3.07. The maximum Gasteiger partial charge on any atom is 0.308 e. The van der Waals surface area contributed by atoms with Crippen LogP contribution in [0.1, 0.15) is 13.8 Å². The molecule has 1 heterocycles. The number of fused-ring (bicyclic) bond motifs is 2. The zero-order chi connectivity index (χ0) is 19.0. The van der Waals surface area contributed by atoms with Gasteiger partial charge in [0.1, 0.15) is 5.75 Å². The van der Waals surface area contributed by atoms with Crippen LogP contribution in [-0.4, -0.2) is 26.1 Å². The first-order valence-corrected chi connectivity index (χ1v) is 9.23. The zero-order valence-electron chi connectivity index (χ0n) is 14.6. The van der Waals surface area contributed by atoms with E-state index >= 15 is 0 Å². The fraction of sp³-hybridized carbons (Fsp3) is 0.222. The Balaban J connectivity index is 2.25. The van der Waals surface area contributed by atoms with Gasteiger partial charge in [0.25, 0.3) is 0 Å². The summed E-state index contributed by atoms with van der Waals surface area (Å²) in [6.07, 6.45) is 0. The normalized spacial score (nSPS) is 12.1. The fourth-order valence-corrected chi connectivity index (χ4v) is 4.52. The van der Waals surface area contributed by atoms with Gasteiger partial charge in [-0.15, -0.1) is 0 Å². The van der Waals surface area contributed by atoms with E-state index < -0.39 is 5.97 Å². The molecule has 1 aliphatic rings. The first kappa shape index (κ1) is 18.6. The van der Waals surface area contributed by atoms with Gasteiger partial charge >= 0.3 is 5.97 Å². The van der Waals surface area contributed by atoms with Gasteiger partial charge in [-0.2, -0.15) is 0 Å². The summed E-state index contributed by atoms with van der Waals surface area (Å²) >= 11 is 4.96. The van der Waals surface area contributed by atoms with E-state index in [0.717, 1.165) is 15.5 Å². The van der Waals surface area contributed by atoms with Crippen molar-refractivity contribution in [2.45, 2.75) is 23.6 Å². The van der Waals surface area contributed by atoms with Crippen molar-refractivity contribution in [1.29, 1.82) is 0 Å². The number of hydrogen-bond donors (Lipinski definition) is 0. The molecule has 0 N–H and O–H groups in total. The highest BCUT2D eigenvalue weighted by atomic mass is 79.9. The van der Waals surface area contributed by atoms with Crippen molar-refractivity contribution >= 4 is 50.9 Å². The Morgan fingerprint density at radius 2 is 1.81 bits per heavy atom. The molecular formula is C18H16BrNO5S. The van der Waals surface area contributed by atoms with Crippen LogP contribution in [0, 0.1) is 0 Å². The quantitative estimate of drug-likeness (QED) is 0.518. The summed E-state index contributed by atoms with van der Waals surface area (Å²) in [5.41, 5.74) is 1.41. The molecule has 26 heavy (non-hydrogen) atoms. The summed E-state index contributed by atoms with van der Waals surface area (Å²) in [5, 5.41) is 0. The molecule has 2 aromatic carbocycles. The molecule has 1 amide bonds. The Labute approximate surface area is 163 Å². The molecule has 0 atom stereocenters. The number of carbonyl (C=O) groups excluding carboxylic acids is 2. The Hall–Kier alpha value is -2.19. The maximum atomic E-state index is 12.4. The van der Waals surface area contributed by atoms with Crippen LogP contribution in [-0.2, 0) is 9.59 Å². The van der Waals surface area contributed by atoms with Crippen LogP contribution in [0.4, 0.5) is 11.4 Å². The van der Waals surface area contributed by atoms with E-state index in [1.54, 1.807) is 24.1 Å². The number of amides is 1. The van der Waals surface area contributed by atoms with Gasteiger partial charge in [-0.3, -0.25) is 14.5 Å². The second-order valence-electron chi connectivity index (χ2n) is 5.45. The predicted octanol–water partition coefficient (Wildman–Crippen LogP) is 4.54. The maximum absolute atomic E-state index is 12.4. The van der Waals surface area contributed by atoms with E-state index in [4.69, 9.17) is 14.2 Å². The molecule has 0 aliphatic carbocycles. The molecule has 2 aromatic rings. The van der Waals surface area contributed by atoms with Crippen molar-refractivity contribution in [3.8, 4) is 17.2 Å². The third-order valence-corrected chi connectivity index (χ3v) is 5.95. The van der Waals surface area contributed by atoms with Gasteiger partial charge in [-0.1, -0.05) is 11.8 Å². The number of hydrogen-bond acceptors (Lipinski definition) is 6.